The smallest absolute Gasteiger partial charge is 0.416 e. The quantitative estimate of drug-likeness (QED) is 0.793. The predicted molar refractivity (Wildman–Crippen MR) is 62.5 cm³/mol. The maximum atomic E-state index is 12.4. The maximum absolute atomic E-state index is 12.4. The predicted octanol–water partition coefficient (Wildman–Crippen LogP) is 3.08. The lowest BCUT2D eigenvalue weighted by molar-refractivity contribution is -0.137. The molecule has 1 aromatic carbocycles. The molecule has 5 heteroatoms. The Bertz CT molecular complexity index is 388. The minimum Gasteiger partial charge on any atom is -0.492 e. The lowest BCUT2D eigenvalue weighted by Gasteiger charge is -2.10. The second-order valence-corrected chi connectivity index (χ2v) is 4.52. The second kappa shape index (κ2) is 5.61. The summed E-state index contributed by atoms with van der Waals surface area (Å²) in [6.45, 7) is 2.02. The van der Waals surface area contributed by atoms with Crippen LogP contribution in [0.3, 0.4) is 0 Å². The molecule has 2 rings (SSSR count). The van der Waals surface area contributed by atoms with Crippen LogP contribution in [-0.2, 0) is 6.18 Å². The highest BCUT2D eigenvalue weighted by molar-refractivity contribution is 5.30. The molecule has 2 nitrogen and oxygen atoms in total. The highest BCUT2D eigenvalue weighted by Crippen LogP contribution is 2.31. The SMILES string of the molecule is FC(F)(F)c1cccc(OCCNCC2CC2)c1. The van der Waals surface area contributed by atoms with Crippen LogP contribution in [-0.4, -0.2) is 19.7 Å². The fraction of sp³-hybridized carbons (Fsp3) is 0.538. The molecule has 100 valence electrons. The molecule has 1 aliphatic rings. The highest BCUT2D eigenvalue weighted by Gasteiger charge is 2.30. The summed E-state index contributed by atoms with van der Waals surface area (Å²) in [5.74, 6) is 1.05. The molecule has 1 aliphatic carbocycles. The van der Waals surface area contributed by atoms with Crippen LogP contribution in [0.4, 0.5) is 13.2 Å². The van der Waals surface area contributed by atoms with Gasteiger partial charge in [0.25, 0.3) is 0 Å². The summed E-state index contributed by atoms with van der Waals surface area (Å²) in [5, 5.41) is 3.22. The molecule has 1 N–H and O–H groups in total. The Morgan fingerprint density at radius 2 is 2.06 bits per heavy atom. The van der Waals surface area contributed by atoms with Crippen molar-refractivity contribution in [3.63, 3.8) is 0 Å². The van der Waals surface area contributed by atoms with E-state index in [2.05, 4.69) is 5.32 Å². The zero-order chi connectivity index (χ0) is 13.0. The first-order chi connectivity index (χ1) is 8.55. The van der Waals surface area contributed by atoms with Gasteiger partial charge >= 0.3 is 6.18 Å². The van der Waals surface area contributed by atoms with E-state index in [-0.39, 0.29) is 5.75 Å². The Morgan fingerprint density at radius 3 is 2.72 bits per heavy atom. The van der Waals surface area contributed by atoms with Crippen molar-refractivity contribution in [3.8, 4) is 5.75 Å². The van der Waals surface area contributed by atoms with Crippen LogP contribution in [0.5, 0.6) is 5.75 Å². The molecule has 18 heavy (non-hydrogen) atoms. The van der Waals surface area contributed by atoms with Crippen molar-refractivity contribution < 1.29 is 17.9 Å². The van der Waals surface area contributed by atoms with E-state index in [0.29, 0.717) is 13.2 Å². The molecule has 0 aliphatic heterocycles. The molecular formula is C13H16F3NO. The maximum Gasteiger partial charge on any atom is 0.416 e. The van der Waals surface area contributed by atoms with Crippen molar-refractivity contribution in [3.05, 3.63) is 29.8 Å². The molecule has 0 saturated heterocycles. The van der Waals surface area contributed by atoms with Crippen LogP contribution in [0, 0.1) is 5.92 Å². The van der Waals surface area contributed by atoms with Crippen LogP contribution in [0.2, 0.25) is 0 Å². The van der Waals surface area contributed by atoms with E-state index in [1.165, 1.54) is 25.0 Å². The zero-order valence-corrected chi connectivity index (χ0v) is 9.96. The van der Waals surface area contributed by atoms with Crippen molar-refractivity contribution in [1.82, 2.24) is 5.32 Å². The average molecular weight is 259 g/mol. The van der Waals surface area contributed by atoms with Gasteiger partial charge in [-0.25, -0.2) is 0 Å². The summed E-state index contributed by atoms with van der Waals surface area (Å²) in [6.07, 6.45) is -1.76. The third kappa shape index (κ3) is 4.22. The molecule has 0 amide bonds. The lowest BCUT2D eigenvalue weighted by atomic mass is 10.2. The number of benzene rings is 1. The number of halogens is 3. The van der Waals surface area contributed by atoms with Crippen LogP contribution in [0.1, 0.15) is 18.4 Å². The monoisotopic (exact) mass is 259 g/mol. The molecule has 0 aromatic heterocycles. The summed E-state index contributed by atoms with van der Waals surface area (Å²) in [5.41, 5.74) is -0.675. The van der Waals surface area contributed by atoms with Crippen LogP contribution in [0.25, 0.3) is 0 Å². The number of ether oxygens (including phenoxy) is 1. The second-order valence-electron chi connectivity index (χ2n) is 4.52. The number of nitrogens with one attached hydrogen (secondary N) is 1. The lowest BCUT2D eigenvalue weighted by Crippen LogP contribution is -2.23. The summed E-state index contributed by atoms with van der Waals surface area (Å²) in [6, 6.07) is 4.96. The van der Waals surface area contributed by atoms with E-state index in [1.54, 1.807) is 0 Å². The third-order valence-corrected chi connectivity index (χ3v) is 2.84. The molecule has 1 saturated carbocycles. The third-order valence-electron chi connectivity index (χ3n) is 2.84. The minimum absolute atomic E-state index is 0.262. The summed E-state index contributed by atoms with van der Waals surface area (Å²) in [7, 11) is 0. The van der Waals surface area contributed by atoms with Crippen LogP contribution >= 0.6 is 0 Å². The summed E-state index contributed by atoms with van der Waals surface area (Å²) in [4.78, 5) is 0. The number of rotatable bonds is 6. The number of hydrogen-bond donors (Lipinski definition) is 1. The van der Waals surface area contributed by atoms with Crippen molar-refractivity contribution in [2.45, 2.75) is 19.0 Å². The summed E-state index contributed by atoms with van der Waals surface area (Å²) >= 11 is 0. The zero-order valence-electron chi connectivity index (χ0n) is 9.96. The van der Waals surface area contributed by atoms with Crippen LogP contribution in [0.15, 0.2) is 24.3 Å². The van der Waals surface area contributed by atoms with Gasteiger partial charge in [0.1, 0.15) is 12.4 Å². The number of hydrogen-bond acceptors (Lipinski definition) is 2. The van der Waals surface area contributed by atoms with Gasteiger partial charge in [0.2, 0.25) is 0 Å². The highest BCUT2D eigenvalue weighted by atomic mass is 19.4. The molecule has 0 atom stereocenters. The van der Waals surface area contributed by atoms with Gasteiger partial charge in [0.15, 0.2) is 0 Å². The Balaban J connectivity index is 1.74. The van der Waals surface area contributed by atoms with E-state index < -0.39 is 11.7 Å². The van der Waals surface area contributed by atoms with E-state index in [9.17, 15) is 13.2 Å². The molecule has 1 aromatic rings. The number of alkyl halides is 3. The molecular weight excluding hydrogens is 243 g/mol. The summed E-state index contributed by atoms with van der Waals surface area (Å²) < 4.78 is 42.6. The van der Waals surface area contributed by atoms with Crippen molar-refractivity contribution in [1.29, 1.82) is 0 Å². The normalized spacial score (nSPS) is 15.7. The largest absolute Gasteiger partial charge is 0.492 e. The Morgan fingerprint density at radius 1 is 1.28 bits per heavy atom. The average Bonchev–Trinajstić information content (AvgIpc) is 3.12. The molecule has 0 bridgehead atoms. The van der Waals surface area contributed by atoms with Crippen molar-refractivity contribution in [2.75, 3.05) is 19.7 Å². The minimum atomic E-state index is -4.32. The van der Waals surface area contributed by atoms with E-state index in [4.69, 9.17) is 4.74 Å². The Labute approximate surface area is 104 Å². The first-order valence-electron chi connectivity index (χ1n) is 6.06. The van der Waals surface area contributed by atoms with Gasteiger partial charge in [-0.1, -0.05) is 6.07 Å². The first-order valence-corrected chi connectivity index (χ1v) is 6.06. The van der Waals surface area contributed by atoms with Gasteiger partial charge < -0.3 is 10.1 Å². The van der Waals surface area contributed by atoms with Gasteiger partial charge in [0, 0.05) is 6.54 Å². The molecule has 0 radical (unpaired) electrons. The Hall–Kier alpha value is -1.23. The topological polar surface area (TPSA) is 21.3 Å². The Kier molecular flexibility index (Phi) is 4.11. The van der Waals surface area contributed by atoms with Gasteiger partial charge in [-0.3, -0.25) is 0 Å². The van der Waals surface area contributed by atoms with E-state index in [0.717, 1.165) is 24.6 Å². The molecule has 0 unspecified atom stereocenters. The molecule has 0 heterocycles. The van der Waals surface area contributed by atoms with Crippen molar-refractivity contribution >= 4 is 0 Å². The molecule has 1 fully saturated rings. The van der Waals surface area contributed by atoms with Gasteiger partial charge in [-0.05, 0) is 43.5 Å². The first kappa shape index (κ1) is 13.2. The van der Waals surface area contributed by atoms with Crippen molar-refractivity contribution in [2.24, 2.45) is 5.92 Å². The van der Waals surface area contributed by atoms with Gasteiger partial charge in [-0.15, -0.1) is 0 Å². The molecule has 0 spiro atoms. The van der Waals surface area contributed by atoms with Crippen LogP contribution < -0.4 is 10.1 Å². The van der Waals surface area contributed by atoms with E-state index >= 15 is 0 Å². The van der Waals surface area contributed by atoms with Gasteiger partial charge in [-0.2, -0.15) is 13.2 Å². The standard InChI is InChI=1S/C13H16F3NO/c14-13(15,16)11-2-1-3-12(8-11)18-7-6-17-9-10-4-5-10/h1-3,8,10,17H,4-7,9H2. The van der Waals surface area contributed by atoms with Gasteiger partial charge in [0.05, 0.1) is 5.56 Å². The fourth-order valence-corrected chi connectivity index (χ4v) is 1.63. The van der Waals surface area contributed by atoms with E-state index in [1.807, 2.05) is 0 Å². The fourth-order valence-electron chi connectivity index (χ4n) is 1.63.